The van der Waals surface area contributed by atoms with Crippen molar-refractivity contribution >= 4 is 43.4 Å². The second-order valence-corrected chi connectivity index (χ2v) is 6.53. The lowest BCUT2D eigenvalue weighted by Crippen LogP contribution is -2.06. The fourth-order valence-corrected chi connectivity index (χ4v) is 3.35. The highest BCUT2D eigenvalue weighted by Crippen LogP contribution is 2.28. The van der Waals surface area contributed by atoms with Crippen molar-refractivity contribution in [3.05, 3.63) is 87.2 Å². The zero-order valence-electron chi connectivity index (χ0n) is 12.8. The lowest BCUT2D eigenvalue weighted by atomic mass is 10.0. The van der Waals surface area contributed by atoms with Crippen molar-refractivity contribution in [2.24, 2.45) is 0 Å². The molecule has 0 spiro atoms. The van der Waals surface area contributed by atoms with Crippen LogP contribution in [0.5, 0.6) is 0 Å². The average Bonchev–Trinajstić information content (AvgIpc) is 2.59. The van der Waals surface area contributed by atoms with Gasteiger partial charge in [0.15, 0.2) is 0 Å². The van der Waals surface area contributed by atoms with Crippen molar-refractivity contribution in [1.82, 2.24) is 0 Å². The smallest absolute Gasteiger partial charge is 0.336 e. The molecule has 1 N–H and O–H groups in total. The molecule has 4 aromatic rings. The standard InChI is InChI=1S/C20H14BrNO2/c21-15-5-3-6-16(11-15)22-12-14-10-19(23)24-18-9-8-13-4-1-2-7-17(13)20(14)18/h1-11,22H,12H2. The minimum absolute atomic E-state index is 0.330. The van der Waals surface area contributed by atoms with Crippen LogP contribution in [0.3, 0.4) is 0 Å². The van der Waals surface area contributed by atoms with E-state index in [0.717, 1.165) is 31.9 Å². The van der Waals surface area contributed by atoms with Gasteiger partial charge in [0.2, 0.25) is 0 Å². The third-order valence-electron chi connectivity index (χ3n) is 4.02. The second kappa shape index (κ2) is 6.13. The first-order chi connectivity index (χ1) is 11.7. The van der Waals surface area contributed by atoms with Crippen molar-refractivity contribution in [2.45, 2.75) is 6.54 Å². The lowest BCUT2D eigenvalue weighted by molar-refractivity contribution is 0.559. The van der Waals surface area contributed by atoms with Crippen LogP contribution in [0.25, 0.3) is 21.7 Å². The Bertz CT molecular complexity index is 1100. The first kappa shape index (κ1) is 15.0. The molecule has 24 heavy (non-hydrogen) atoms. The molecule has 1 heterocycles. The minimum atomic E-state index is -0.330. The van der Waals surface area contributed by atoms with Gasteiger partial charge in [-0.3, -0.25) is 0 Å². The van der Waals surface area contributed by atoms with Crippen LogP contribution in [0.4, 0.5) is 5.69 Å². The van der Waals surface area contributed by atoms with Gasteiger partial charge in [0.1, 0.15) is 5.58 Å². The minimum Gasteiger partial charge on any atom is -0.423 e. The summed E-state index contributed by atoms with van der Waals surface area (Å²) >= 11 is 3.47. The van der Waals surface area contributed by atoms with Crippen molar-refractivity contribution in [3.8, 4) is 0 Å². The van der Waals surface area contributed by atoms with E-state index < -0.39 is 0 Å². The van der Waals surface area contributed by atoms with Crippen LogP contribution < -0.4 is 10.9 Å². The van der Waals surface area contributed by atoms with Gasteiger partial charge in [-0.25, -0.2) is 4.79 Å². The Balaban J connectivity index is 1.84. The normalized spacial score (nSPS) is 11.0. The SMILES string of the molecule is O=c1cc(CNc2cccc(Br)c2)c2c(ccc3ccccc32)o1. The highest BCUT2D eigenvalue weighted by molar-refractivity contribution is 9.10. The predicted molar refractivity (Wildman–Crippen MR) is 101 cm³/mol. The highest BCUT2D eigenvalue weighted by Gasteiger charge is 2.09. The summed E-state index contributed by atoms with van der Waals surface area (Å²) in [6, 6.07) is 21.5. The van der Waals surface area contributed by atoms with Crippen LogP contribution in [0.2, 0.25) is 0 Å². The molecule has 0 saturated heterocycles. The first-order valence-electron chi connectivity index (χ1n) is 7.65. The van der Waals surface area contributed by atoms with E-state index in [9.17, 15) is 4.79 Å². The topological polar surface area (TPSA) is 42.2 Å². The fraction of sp³-hybridized carbons (Fsp3) is 0.0500. The quantitative estimate of drug-likeness (QED) is 0.386. The number of rotatable bonds is 3. The van der Waals surface area contributed by atoms with Gasteiger partial charge in [-0.2, -0.15) is 0 Å². The summed E-state index contributed by atoms with van der Waals surface area (Å²) in [7, 11) is 0. The highest BCUT2D eigenvalue weighted by atomic mass is 79.9. The number of hydrogen-bond donors (Lipinski definition) is 1. The molecule has 0 bridgehead atoms. The van der Waals surface area contributed by atoms with Gasteiger partial charge in [0, 0.05) is 28.2 Å². The van der Waals surface area contributed by atoms with Crippen molar-refractivity contribution in [1.29, 1.82) is 0 Å². The Morgan fingerprint density at radius 1 is 0.958 bits per heavy atom. The maximum atomic E-state index is 11.9. The molecule has 3 nitrogen and oxygen atoms in total. The summed E-state index contributed by atoms with van der Waals surface area (Å²) in [6.45, 7) is 0.548. The van der Waals surface area contributed by atoms with Gasteiger partial charge < -0.3 is 9.73 Å². The molecule has 118 valence electrons. The molecule has 0 amide bonds. The number of fused-ring (bicyclic) bond motifs is 3. The molecule has 0 aliphatic carbocycles. The molecular weight excluding hydrogens is 366 g/mol. The maximum Gasteiger partial charge on any atom is 0.336 e. The predicted octanol–water partition coefficient (Wildman–Crippen LogP) is 5.32. The molecule has 3 aromatic carbocycles. The largest absolute Gasteiger partial charge is 0.423 e. The molecule has 1 aromatic heterocycles. The van der Waals surface area contributed by atoms with E-state index in [1.807, 2.05) is 48.5 Å². The lowest BCUT2D eigenvalue weighted by Gasteiger charge is -2.11. The molecule has 0 saturated carbocycles. The van der Waals surface area contributed by atoms with E-state index in [1.54, 1.807) is 6.07 Å². The van der Waals surface area contributed by atoms with Crippen LogP contribution in [0.1, 0.15) is 5.56 Å². The van der Waals surface area contributed by atoms with Crippen LogP contribution >= 0.6 is 15.9 Å². The van der Waals surface area contributed by atoms with E-state index >= 15 is 0 Å². The Morgan fingerprint density at radius 3 is 2.71 bits per heavy atom. The van der Waals surface area contributed by atoms with E-state index in [-0.39, 0.29) is 5.63 Å². The number of hydrogen-bond acceptors (Lipinski definition) is 3. The Hall–Kier alpha value is -2.59. The van der Waals surface area contributed by atoms with Crippen molar-refractivity contribution < 1.29 is 4.42 Å². The summed E-state index contributed by atoms with van der Waals surface area (Å²) in [5.74, 6) is 0. The number of anilines is 1. The van der Waals surface area contributed by atoms with Gasteiger partial charge in [-0.1, -0.05) is 52.3 Å². The van der Waals surface area contributed by atoms with Crippen LogP contribution in [-0.2, 0) is 6.54 Å². The summed E-state index contributed by atoms with van der Waals surface area (Å²) in [5, 5.41) is 6.57. The van der Waals surface area contributed by atoms with E-state index in [0.29, 0.717) is 12.1 Å². The maximum absolute atomic E-state index is 11.9. The summed E-state index contributed by atoms with van der Waals surface area (Å²) in [4.78, 5) is 11.9. The van der Waals surface area contributed by atoms with Gasteiger partial charge in [0.05, 0.1) is 0 Å². The van der Waals surface area contributed by atoms with E-state index in [1.165, 1.54) is 0 Å². The van der Waals surface area contributed by atoms with Crippen LogP contribution in [0.15, 0.2) is 80.4 Å². The van der Waals surface area contributed by atoms with Crippen LogP contribution in [0, 0.1) is 0 Å². The summed E-state index contributed by atoms with van der Waals surface area (Å²) in [6.07, 6.45) is 0. The Kier molecular flexibility index (Phi) is 3.82. The molecule has 4 rings (SSSR count). The average molecular weight is 380 g/mol. The van der Waals surface area contributed by atoms with Crippen molar-refractivity contribution in [2.75, 3.05) is 5.32 Å². The Morgan fingerprint density at radius 2 is 1.83 bits per heavy atom. The third-order valence-corrected chi connectivity index (χ3v) is 4.52. The van der Waals surface area contributed by atoms with Gasteiger partial charge in [-0.15, -0.1) is 0 Å². The molecule has 0 unspecified atom stereocenters. The molecule has 0 aliphatic rings. The number of nitrogens with one attached hydrogen (secondary N) is 1. The second-order valence-electron chi connectivity index (χ2n) is 5.61. The molecule has 0 fully saturated rings. The third kappa shape index (κ3) is 2.81. The van der Waals surface area contributed by atoms with E-state index in [4.69, 9.17) is 4.42 Å². The Labute approximate surface area is 147 Å². The number of halogens is 1. The molecule has 0 aliphatic heterocycles. The molecule has 4 heteroatoms. The number of benzene rings is 3. The summed E-state index contributed by atoms with van der Waals surface area (Å²) in [5.41, 5.74) is 2.21. The van der Waals surface area contributed by atoms with Gasteiger partial charge in [-0.05, 0) is 40.6 Å². The fourth-order valence-electron chi connectivity index (χ4n) is 2.96. The van der Waals surface area contributed by atoms with Crippen molar-refractivity contribution in [3.63, 3.8) is 0 Å². The van der Waals surface area contributed by atoms with E-state index in [2.05, 4.69) is 33.4 Å². The molecule has 0 atom stereocenters. The zero-order valence-corrected chi connectivity index (χ0v) is 14.3. The molecular formula is C20H14BrNO2. The zero-order chi connectivity index (χ0) is 16.5. The first-order valence-corrected chi connectivity index (χ1v) is 8.44. The van der Waals surface area contributed by atoms with Gasteiger partial charge in [0.25, 0.3) is 0 Å². The van der Waals surface area contributed by atoms with Crippen LogP contribution in [-0.4, -0.2) is 0 Å². The molecule has 0 radical (unpaired) electrons. The summed E-state index contributed by atoms with van der Waals surface area (Å²) < 4.78 is 6.40. The van der Waals surface area contributed by atoms with Gasteiger partial charge >= 0.3 is 5.63 Å². The monoisotopic (exact) mass is 379 g/mol.